The highest BCUT2D eigenvalue weighted by Gasteiger charge is 2.57. The zero-order valence-corrected chi connectivity index (χ0v) is 16.7. The van der Waals surface area contributed by atoms with Crippen molar-refractivity contribution in [2.45, 2.75) is 75.5 Å². The summed E-state index contributed by atoms with van der Waals surface area (Å²) in [6.45, 7) is 7.39. The fraction of sp³-hybridized carbons (Fsp3) is 0.762. The molecule has 0 aromatic carbocycles. The first-order valence-corrected chi connectivity index (χ1v) is 10.2. The highest BCUT2D eigenvalue weighted by Crippen LogP contribution is 2.53. The number of allylic oxidation sites excluding steroid dienone is 1. The van der Waals surface area contributed by atoms with Gasteiger partial charge in [0.25, 0.3) is 0 Å². The normalized spacial score (nSPS) is 49.9. The van der Waals surface area contributed by atoms with Gasteiger partial charge in [0.15, 0.2) is 6.29 Å². The Balaban J connectivity index is 1.60. The van der Waals surface area contributed by atoms with Crippen LogP contribution in [0.2, 0.25) is 0 Å². The van der Waals surface area contributed by atoms with E-state index in [2.05, 4.69) is 12.7 Å². The molecular formula is C21H30O8. The molecule has 0 unspecified atom stereocenters. The molecule has 29 heavy (non-hydrogen) atoms. The minimum Gasteiger partial charge on any atom is -0.458 e. The van der Waals surface area contributed by atoms with E-state index in [9.17, 15) is 25.2 Å². The molecule has 0 spiro atoms. The van der Waals surface area contributed by atoms with Crippen molar-refractivity contribution in [2.75, 3.05) is 6.61 Å². The van der Waals surface area contributed by atoms with Crippen molar-refractivity contribution in [3.8, 4) is 0 Å². The van der Waals surface area contributed by atoms with Crippen LogP contribution in [-0.2, 0) is 19.0 Å². The van der Waals surface area contributed by atoms with E-state index in [4.69, 9.17) is 14.2 Å². The van der Waals surface area contributed by atoms with Crippen LogP contribution in [-0.4, -0.2) is 75.4 Å². The maximum Gasteiger partial charge on any atom is 0.334 e. The SMILES string of the molecule is C=C1C(=O)O[C@@H]2[C@H]3C(C)=CC[C@H]3[C@@](C)(O[C@@H]3O[C@H](CO)[C@@H](O)[C@H](O)[C@H]3O)CC[C@@H]12. The van der Waals surface area contributed by atoms with Gasteiger partial charge in [0.1, 0.15) is 30.5 Å². The largest absolute Gasteiger partial charge is 0.458 e. The Kier molecular flexibility index (Phi) is 5.38. The molecule has 2 aliphatic heterocycles. The van der Waals surface area contributed by atoms with Crippen molar-refractivity contribution in [1.29, 1.82) is 0 Å². The molecule has 3 fully saturated rings. The van der Waals surface area contributed by atoms with Crippen LogP contribution in [0.5, 0.6) is 0 Å². The van der Waals surface area contributed by atoms with Crippen LogP contribution >= 0.6 is 0 Å². The van der Waals surface area contributed by atoms with Gasteiger partial charge < -0.3 is 34.6 Å². The van der Waals surface area contributed by atoms with Gasteiger partial charge in [-0.3, -0.25) is 0 Å². The summed E-state index contributed by atoms with van der Waals surface area (Å²) in [6.07, 6.45) is -2.77. The second kappa shape index (κ2) is 7.44. The first kappa shape index (κ1) is 21.0. The molecule has 2 saturated heterocycles. The van der Waals surface area contributed by atoms with E-state index in [-0.39, 0.29) is 29.8 Å². The molecule has 8 heteroatoms. The Morgan fingerprint density at radius 1 is 1.28 bits per heavy atom. The zero-order chi connectivity index (χ0) is 21.1. The van der Waals surface area contributed by atoms with Crippen LogP contribution in [0.3, 0.4) is 0 Å². The summed E-state index contributed by atoms with van der Waals surface area (Å²) in [5.74, 6) is -0.460. The molecule has 0 radical (unpaired) electrons. The maximum atomic E-state index is 12.1. The van der Waals surface area contributed by atoms with Crippen molar-refractivity contribution in [3.63, 3.8) is 0 Å². The topological polar surface area (TPSA) is 126 Å². The number of rotatable bonds is 3. The highest BCUT2D eigenvalue weighted by molar-refractivity contribution is 5.90. The molecule has 0 aromatic heterocycles. The second-order valence-corrected chi connectivity index (χ2v) is 8.98. The van der Waals surface area contributed by atoms with Gasteiger partial charge in [0.05, 0.1) is 12.2 Å². The smallest absolute Gasteiger partial charge is 0.334 e. The van der Waals surface area contributed by atoms with Crippen LogP contribution in [0, 0.1) is 17.8 Å². The standard InChI is InChI=1S/C21H30O8/c1-9-4-5-12-14(9)18-11(10(2)19(26)28-18)6-7-21(12,3)29-20-17(25)16(24)15(23)13(8-22)27-20/h4,11-18,20,22-25H,2,5-8H2,1,3H3/t11-,12+,13+,14-,15+,16-,17+,18-,20-,21-/m0/s1. The summed E-state index contributed by atoms with van der Waals surface area (Å²) in [4.78, 5) is 12.1. The number of fused-ring (bicyclic) bond motifs is 3. The number of hydrogen-bond acceptors (Lipinski definition) is 8. The van der Waals surface area contributed by atoms with Gasteiger partial charge in [0.2, 0.25) is 0 Å². The summed E-state index contributed by atoms with van der Waals surface area (Å²) in [5.41, 5.74) is 0.896. The lowest BCUT2D eigenvalue weighted by atomic mass is 9.76. The minimum atomic E-state index is -1.49. The van der Waals surface area contributed by atoms with Crippen LogP contribution in [0.1, 0.15) is 33.1 Å². The molecule has 0 bridgehead atoms. The van der Waals surface area contributed by atoms with Crippen molar-refractivity contribution in [1.82, 2.24) is 0 Å². The summed E-state index contributed by atoms with van der Waals surface area (Å²) < 4.78 is 17.6. The number of hydrogen-bond donors (Lipinski definition) is 4. The predicted molar refractivity (Wildman–Crippen MR) is 100 cm³/mol. The molecule has 162 valence electrons. The summed E-state index contributed by atoms with van der Waals surface area (Å²) >= 11 is 0. The number of carbonyl (C=O) groups is 1. The minimum absolute atomic E-state index is 0.0106. The Morgan fingerprint density at radius 3 is 2.69 bits per heavy atom. The number of carbonyl (C=O) groups excluding carboxylic acids is 1. The molecule has 0 aromatic rings. The van der Waals surface area contributed by atoms with Crippen LogP contribution in [0.4, 0.5) is 0 Å². The van der Waals surface area contributed by atoms with E-state index < -0.39 is 42.9 Å². The molecule has 1 saturated carbocycles. The van der Waals surface area contributed by atoms with Crippen molar-refractivity contribution in [3.05, 3.63) is 23.8 Å². The van der Waals surface area contributed by atoms with Crippen LogP contribution in [0.25, 0.3) is 0 Å². The molecule has 0 amide bonds. The number of aliphatic hydroxyl groups is 4. The lowest BCUT2D eigenvalue weighted by Crippen LogP contribution is -2.61. The number of ether oxygens (including phenoxy) is 3. The van der Waals surface area contributed by atoms with Gasteiger partial charge in [-0.2, -0.15) is 0 Å². The van der Waals surface area contributed by atoms with E-state index in [0.29, 0.717) is 18.4 Å². The van der Waals surface area contributed by atoms with Crippen molar-refractivity contribution in [2.24, 2.45) is 17.8 Å². The molecular weight excluding hydrogens is 380 g/mol. The zero-order valence-electron chi connectivity index (χ0n) is 16.7. The highest BCUT2D eigenvalue weighted by atomic mass is 16.7. The Bertz CT molecular complexity index is 717. The molecule has 8 nitrogen and oxygen atoms in total. The fourth-order valence-electron chi connectivity index (χ4n) is 5.53. The fourth-order valence-corrected chi connectivity index (χ4v) is 5.53. The average molecular weight is 410 g/mol. The quantitative estimate of drug-likeness (QED) is 0.292. The van der Waals surface area contributed by atoms with Crippen molar-refractivity contribution >= 4 is 5.97 Å². The van der Waals surface area contributed by atoms with Gasteiger partial charge in [-0.15, -0.1) is 0 Å². The van der Waals surface area contributed by atoms with Gasteiger partial charge in [-0.1, -0.05) is 18.2 Å². The molecule has 4 aliphatic rings. The van der Waals surface area contributed by atoms with Gasteiger partial charge in [0, 0.05) is 23.3 Å². The summed E-state index contributed by atoms with van der Waals surface area (Å²) in [7, 11) is 0. The van der Waals surface area contributed by atoms with E-state index in [1.165, 1.54) is 0 Å². The first-order chi connectivity index (χ1) is 13.7. The molecule has 10 atom stereocenters. The third-order valence-electron chi connectivity index (χ3n) is 7.33. The second-order valence-electron chi connectivity index (χ2n) is 8.98. The summed E-state index contributed by atoms with van der Waals surface area (Å²) in [5, 5.41) is 40.0. The van der Waals surface area contributed by atoms with E-state index in [1.807, 2.05) is 13.8 Å². The van der Waals surface area contributed by atoms with E-state index in [1.54, 1.807) is 0 Å². The van der Waals surface area contributed by atoms with E-state index >= 15 is 0 Å². The average Bonchev–Trinajstić information content (AvgIpc) is 3.17. The van der Waals surface area contributed by atoms with Crippen LogP contribution in [0.15, 0.2) is 23.8 Å². The first-order valence-electron chi connectivity index (χ1n) is 10.2. The van der Waals surface area contributed by atoms with E-state index in [0.717, 1.165) is 12.0 Å². The molecule has 2 aliphatic carbocycles. The van der Waals surface area contributed by atoms with Gasteiger partial charge in [-0.05, 0) is 33.1 Å². The lowest BCUT2D eigenvalue weighted by Gasteiger charge is -2.46. The third kappa shape index (κ3) is 3.26. The third-order valence-corrected chi connectivity index (χ3v) is 7.33. The predicted octanol–water partition coefficient (Wildman–Crippen LogP) is 0.0356. The number of esters is 1. The van der Waals surface area contributed by atoms with Crippen LogP contribution < -0.4 is 0 Å². The molecule has 4 N–H and O–H groups in total. The molecule has 4 rings (SSSR count). The van der Waals surface area contributed by atoms with Gasteiger partial charge in [-0.25, -0.2) is 4.79 Å². The monoisotopic (exact) mass is 410 g/mol. The van der Waals surface area contributed by atoms with Crippen molar-refractivity contribution < 1.29 is 39.4 Å². The van der Waals surface area contributed by atoms with Gasteiger partial charge >= 0.3 is 5.97 Å². The Labute approximate surface area is 169 Å². The summed E-state index contributed by atoms with van der Waals surface area (Å²) in [6, 6.07) is 0. The number of aliphatic hydroxyl groups excluding tert-OH is 4. The Hall–Kier alpha value is -1.29. The lowest BCUT2D eigenvalue weighted by molar-refractivity contribution is -0.332. The Morgan fingerprint density at radius 2 is 2.00 bits per heavy atom. The molecule has 2 heterocycles. The maximum absolute atomic E-state index is 12.1.